The number of hydrogen-bond donors (Lipinski definition) is 2. The summed E-state index contributed by atoms with van der Waals surface area (Å²) in [6, 6.07) is 5.50. The van der Waals surface area contributed by atoms with Crippen LogP contribution in [0.25, 0.3) is 0 Å². The van der Waals surface area contributed by atoms with Crippen LogP contribution in [0.4, 0.5) is 0 Å². The van der Waals surface area contributed by atoms with E-state index in [0.29, 0.717) is 10.9 Å². The largest absolute Gasteiger partial charge is 0.483 e. The first-order valence-corrected chi connectivity index (χ1v) is 9.87. The van der Waals surface area contributed by atoms with E-state index in [9.17, 15) is 4.79 Å². The summed E-state index contributed by atoms with van der Waals surface area (Å²) in [5.74, 6) is 0.329. The normalized spacial score (nSPS) is 13.8. The summed E-state index contributed by atoms with van der Waals surface area (Å²) in [4.78, 5) is 11.9. The Kier molecular flexibility index (Phi) is 8.21. The fourth-order valence-electron chi connectivity index (χ4n) is 2.41. The van der Waals surface area contributed by atoms with E-state index in [4.69, 9.17) is 17.0 Å². The van der Waals surface area contributed by atoms with Crippen molar-refractivity contribution in [3.05, 3.63) is 38.8 Å². The van der Waals surface area contributed by atoms with Gasteiger partial charge in [-0.05, 0) is 78.5 Å². The molecule has 4 nitrogen and oxygen atoms in total. The molecule has 1 aliphatic carbocycles. The molecule has 0 aliphatic heterocycles. The molecule has 0 saturated heterocycles. The Morgan fingerprint density at radius 3 is 2.83 bits per heavy atom. The van der Waals surface area contributed by atoms with E-state index in [0.717, 1.165) is 21.9 Å². The molecule has 0 fully saturated rings. The van der Waals surface area contributed by atoms with E-state index >= 15 is 0 Å². The zero-order chi connectivity index (χ0) is 17.4. The van der Waals surface area contributed by atoms with Crippen molar-refractivity contribution in [2.45, 2.75) is 32.1 Å². The van der Waals surface area contributed by atoms with E-state index in [2.05, 4.69) is 48.6 Å². The van der Waals surface area contributed by atoms with E-state index < -0.39 is 0 Å². The van der Waals surface area contributed by atoms with Gasteiger partial charge in [0.1, 0.15) is 5.75 Å². The maximum absolute atomic E-state index is 11.9. The monoisotopic (exact) mass is 474 g/mol. The molecule has 0 heterocycles. The third kappa shape index (κ3) is 6.91. The molecule has 2 N–H and O–H groups in total. The Balaban J connectivity index is 1.66. The Morgan fingerprint density at radius 1 is 1.29 bits per heavy atom. The van der Waals surface area contributed by atoms with Gasteiger partial charge in [-0.1, -0.05) is 27.6 Å². The maximum Gasteiger partial charge on any atom is 0.264 e. The lowest BCUT2D eigenvalue weighted by Crippen LogP contribution is -2.41. The Hall–Kier alpha value is -0.920. The second kappa shape index (κ2) is 10.2. The minimum absolute atomic E-state index is 0.0901. The fourth-order valence-corrected chi connectivity index (χ4v) is 3.79. The van der Waals surface area contributed by atoms with E-state index in [1.165, 1.54) is 31.3 Å². The molecule has 0 aromatic heterocycles. The number of benzene rings is 1. The lowest BCUT2D eigenvalue weighted by Gasteiger charge is -2.14. The van der Waals surface area contributed by atoms with Crippen molar-refractivity contribution < 1.29 is 9.53 Å². The van der Waals surface area contributed by atoms with Crippen molar-refractivity contribution in [3.63, 3.8) is 0 Å². The minimum Gasteiger partial charge on any atom is -0.483 e. The first-order chi connectivity index (χ1) is 11.5. The molecule has 0 radical (unpaired) electrons. The number of rotatable bonds is 6. The SMILES string of the molecule is O=C(COc1ccc(Br)cc1Br)NC(=S)NCCC1=CCCCC1. The number of carbonyl (C=O) groups is 1. The molecule has 2 rings (SSSR count). The van der Waals surface area contributed by atoms with Crippen LogP contribution >= 0.6 is 44.1 Å². The molecule has 0 saturated carbocycles. The second-order valence-electron chi connectivity index (χ2n) is 5.53. The molecular formula is C17H20Br2N2O2S. The third-order valence-electron chi connectivity index (χ3n) is 3.62. The van der Waals surface area contributed by atoms with Gasteiger partial charge in [-0.3, -0.25) is 4.79 Å². The predicted octanol–water partition coefficient (Wildman–Crippen LogP) is 4.47. The lowest BCUT2D eigenvalue weighted by atomic mass is 9.97. The maximum atomic E-state index is 11.9. The first-order valence-electron chi connectivity index (χ1n) is 7.88. The number of ether oxygens (including phenoxy) is 1. The number of thiocarbonyl (C=S) groups is 1. The van der Waals surface area contributed by atoms with Crippen LogP contribution in [0, 0.1) is 0 Å². The van der Waals surface area contributed by atoms with Crippen molar-refractivity contribution in [2.24, 2.45) is 0 Å². The summed E-state index contributed by atoms with van der Waals surface area (Å²) in [6.07, 6.45) is 8.21. The summed E-state index contributed by atoms with van der Waals surface area (Å²) in [7, 11) is 0. The standard InChI is InChI=1S/C17H20Br2N2O2S/c18-13-6-7-15(14(19)10-13)23-11-16(22)21-17(24)20-9-8-12-4-2-1-3-5-12/h4,6-7,10H,1-3,5,8-9,11H2,(H2,20,21,22,24). The lowest BCUT2D eigenvalue weighted by molar-refractivity contribution is -0.121. The highest BCUT2D eigenvalue weighted by Gasteiger charge is 2.08. The molecule has 7 heteroatoms. The van der Waals surface area contributed by atoms with Crippen LogP contribution in [0.1, 0.15) is 32.1 Å². The van der Waals surface area contributed by atoms with Gasteiger partial charge in [0.15, 0.2) is 11.7 Å². The number of carbonyl (C=O) groups excluding carboxylic acids is 1. The number of allylic oxidation sites excluding steroid dienone is 1. The van der Waals surface area contributed by atoms with Crippen molar-refractivity contribution in [1.29, 1.82) is 0 Å². The molecule has 0 unspecified atom stereocenters. The van der Waals surface area contributed by atoms with Crippen molar-refractivity contribution in [2.75, 3.05) is 13.2 Å². The number of hydrogen-bond acceptors (Lipinski definition) is 3. The predicted molar refractivity (Wildman–Crippen MR) is 107 cm³/mol. The molecule has 24 heavy (non-hydrogen) atoms. The zero-order valence-electron chi connectivity index (χ0n) is 13.2. The Labute approximate surface area is 164 Å². The van der Waals surface area contributed by atoms with E-state index in [-0.39, 0.29) is 12.5 Å². The number of amides is 1. The van der Waals surface area contributed by atoms with Gasteiger partial charge in [0.25, 0.3) is 5.91 Å². The zero-order valence-corrected chi connectivity index (χ0v) is 17.2. The van der Waals surface area contributed by atoms with E-state index in [1.54, 1.807) is 6.07 Å². The first kappa shape index (κ1) is 19.4. The summed E-state index contributed by atoms with van der Waals surface area (Å²) >= 11 is 11.9. The van der Waals surface area contributed by atoms with Crippen molar-refractivity contribution in [1.82, 2.24) is 10.6 Å². The third-order valence-corrected chi connectivity index (χ3v) is 4.98. The Bertz CT molecular complexity index is 635. The van der Waals surface area contributed by atoms with Crippen molar-refractivity contribution in [3.8, 4) is 5.75 Å². The van der Waals surface area contributed by atoms with Crippen LogP contribution < -0.4 is 15.4 Å². The second-order valence-corrected chi connectivity index (χ2v) is 7.70. The van der Waals surface area contributed by atoms with E-state index in [1.807, 2.05) is 12.1 Å². The number of halogens is 2. The summed E-state index contributed by atoms with van der Waals surface area (Å²) in [5, 5.41) is 6.04. The number of nitrogens with one attached hydrogen (secondary N) is 2. The van der Waals surface area contributed by atoms with Crippen LogP contribution in [0.2, 0.25) is 0 Å². The van der Waals surface area contributed by atoms with Gasteiger partial charge >= 0.3 is 0 Å². The van der Waals surface area contributed by atoms with Gasteiger partial charge < -0.3 is 15.4 Å². The highest BCUT2D eigenvalue weighted by molar-refractivity contribution is 9.11. The summed E-state index contributed by atoms with van der Waals surface area (Å²) in [6.45, 7) is 0.650. The topological polar surface area (TPSA) is 50.4 Å². The van der Waals surface area contributed by atoms with Gasteiger partial charge in [0.05, 0.1) is 4.47 Å². The van der Waals surface area contributed by atoms with Crippen molar-refractivity contribution >= 4 is 55.1 Å². The van der Waals surface area contributed by atoms with Crippen LogP contribution in [-0.4, -0.2) is 24.2 Å². The van der Waals surface area contributed by atoms with Crippen LogP contribution in [-0.2, 0) is 4.79 Å². The van der Waals surface area contributed by atoms with Gasteiger partial charge in [-0.25, -0.2) is 0 Å². The molecule has 1 amide bonds. The molecule has 0 spiro atoms. The molecule has 1 aromatic carbocycles. The molecule has 130 valence electrons. The van der Waals surface area contributed by atoms with Gasteiger partial charge in [-0.15, -0.1) is 0 Å². The average molecular weight is 476 g/mol. The quantitative estimate of drug-likeness (QED) is 0.470. The summed E-state index contributed by atoms with van der Waals surface area (Å²) < 4.78 is 7.20. The average Bonchev–Trinajstić information content (AvgIpc) is 2.55. The van der Waals surface area contributed by atoms with Gasteiger partial charge in [0.2, 0.25) is 0 Å². The van der Waals surface area contributed by atoms with Crippen LogP contribution in [0.5, 0.6) is 5.75 Å². The highest BCUT2D eigenvalue weighted by Crippen LogP contribution is 2.28. The minimum atomic E-state index is -0.279. The smallest absolute Gasteiger partial charge is 0.264 e. The molecule has 0 bridgehead atoms. The Morgan fingerprint density at radius 2 is 2.12 bits per heavy atom. The molecular weight excluding hydrogens is 456 g/mol. The van der Waals surface area contributed by atoms with Crippen LogP contribution in [0.15, 0.2) is 38.8 Å². The summed E-state index contributed by atoms with van der Waals surface area (Å²) in [5.41, 5.74) is 1.48. The fraction of sp³-hybridized carbons (Fsp3) is 0.412. The molecule has 1 aromatic rings. The van der Waals surface area contributed by atoms with Gasteiger partial charge in [-0.2, -0.15) is 0 Å². The van der Waals surface area contributed by atoms with Gasteiger partial charge in [0, 0.05) is 11.0 Å². The highest BCUT2D eigenvalue weighted by atomic mass is 79.9. The van der Waals surface area contributed by atoms with Crippen LogP contribution in [0.3, 0.4) is 0 Å². The molecule has 1 aliphatic rings. The molecule has 0 atom stereocenters.